The van der Waals surface area contributed by atoms with Gasteiger partial charge in [0.05, 0.1) is 18.1 Å². The molecule has 1 aliphatic heterocycles. The Morgan fingerprint density at radius 1 is 1.13 bits per heavy atom. The van der Waals surface area contributed by atoms with E-state index in [1.807, 2.05) is 38.1 Å². The Labute approximate surface area is 181 Å². The lowest BCUT2D eigenvalue weighted by Crippen LogP contribution is -2.35. The fourth-order valence-electron chi connectivity index (χ4n) is 3.65. The number of benzene rings is 2. The van der Waals surface area contributed by atoms with Crippen LogP contribution in [-0.2, 0) is 14.3 Å². The van der Waals surface area contributed by atoms with Gasteiger partial charge in [-0.3, -0.25) is 9.59 Å². The number of carbonyl (C=O) groups is 3. The van der Waals surface area contributed by atoms with Gasteiger partial charge >= 0.3 is 5.97 Å². The standard InChI is InChI=1S/C24H25N3O4/c1-17-13-18(2)15-21(14-17)27(12-4-10-25)23(29)16-31-24(30)19-6-8-20(9-7-19)26-11-3-5-22(26)28/h6-9,13-15H,3-5,11-12,16H2,1-2H3. The Kier molecular flexibility index (Phi) is 7.03. The number of esters is 1. The maximum Gasteiger partial charge on any atom is 0.338 e. The highest BCUT2D eigenvalue weighted by atomic mass is 16.5. The molecule has 0 aliphatic carbocycles. The Bertz CT molecular complexity index is 1000. The van der Waals surface area contributed by atoms with Gasteiger partial charge < -0.3 is 14.5 Å². The van der Waals surface area contributed by atoms with Crippen LogP contribution < -0.4 is 9.80 Å². The molecule has 31 heavy (non-hydrogen) atoms. The molecule has 1 saturated heterocycles. The topological polar surface area (TPSA) is 90.7 Å². The zero-order valence-electron chi connectivity index (χ0n) is 17.8. The number of hydrogen-bond acceptors (Lipinski definition) is 5. The van der Waals surface area contributed by atoms with Crippen molar-refractivity contribution in [2.75, 3.05) is 29.5 Å². The first-order chi connectivity index (χ1) is 14.9. The van der Waals surface area contributed by atoms with E-state index in [9.17, 15) is 14.4 Å². The predicted octanol–water partition coefficient (Wildman–Crippen LogP) is 3.53. The van der Waals surface area contributed by atoms with E-state index in [4.69, 9.17) is 10.00 Å². The van der Waals surface area contributed by atoms with E-state index >= 15 is 0 Å². The van der Waals surface area contributed by atoms with Crippen LogP contribution in [0.5, 0.6) is 0 Å². The summed E-state index contributed by atoms with van der Waals surface area (Å²) in [5.74, 6) is -0.939. The molecule has 0 N–H and O–H groups in total. The highest BCUT2D eigenvalue weighted by molar-refractivity contribution is 5.98. The van der Waals surface area contributed by atoms with Crippen molar-refractivity contribution in [1.82, 2.24) is 0 Å². The average molecular weight is 419 g/mol. The lowest BCUT2D eigenvalue weighted by Gasteiger charge is -2.22. The van der Waals surface area contributed by atoms with Crippen molar-refractivity contribution >= 4 is 29.2 Å². The van der Waals surface area contributed by atoms with E-state index in [1.54, 1.807) is 29.2 Å². The van der Waals surface area contributed by atoms with E-state index < -0.39 is 18.5 Å². The van der Waals surface area contributed by atoms with Crippen LogP contribution >= 0.6 is 0 Å². The number of carbonyl (C=O) groups excluding carboxylic acids is 3. The van der Waals surface area contributed by atoms with Gasteiger partial charge in [-0.05, 0) is 67.8 Å². The summed E-state index contributed by atoms with van der Waals surface area (Å²) in [7, 11) is 0. The molecule has 1 fully saturated rings. The largest absolute Gasteiger partial charge is 0.452 e. The van der Waals surface area contributed by atoms with Crippen LogP contribution in [0.3, 0.4) is 0 Å². The number of aryl methyl sites for hydroxylation is 2. The smallest absolute Gasteiger partial charge is 0.338 e. The van der Waals surface area contributed by atoms with Crippen LogP contribution in [-0.4, -0.2) is 37.5 Å². The quantitative estimate of drug-likeness (QED) is 0.641. The molecule has 0 spiro atoms. The van der Waals surface area contributed by atoms with Crippen LogP contribution in [0.25, 0.3) is 0 Å². The van der Waals surface area contributed by atoms with E-state index in [1.165, 1.54) is 4.90 Å². The highest BCUT2D eigenvalue weighted by Gasteiger charge is 2.22. The number of anilines is 2. The third-order valence-corrected chi connectivity index (χ3v) is 5.08. The zero-order valence-corrected chi connectivity index (χ0v) is 17.8. The third-order valence-electron chi connectivity index (χ3n) is 5.08. The molecule has 1 heterocycles. The number of rotatable bonds is 7. The molecule has 0 aromatic heterocycles. The van der Waals surface area contributed by atoms with Crippen molar-refractivity contribution in [3.63, 3.8) is 0 Å². The van der Waals surface area contributed by atoms with Gasteiger partial charge in [0.15, 0.2) is 6.61 Å². The van der Waals surface area contributed by atoms with Crippen molar-refractivity contribution in [3.05, 3.63) is 59.2 Å². The van der Waals surface area contributed by atoms with Gasteiger partial charge in [0.25, 0.3) is 5.91 Å². The molecular weight excluding hydrogens is 394 g/mol. The van der Waals surface area contributed by atoms with Gasteiger partial charge in [-0.25, -0.2) is 4.79 Å². The van der Waals surface area contributed by atoms with Crippen molar-refractivity contribution in [2.24, 2.45) is 0 Å². The molecule has 0 radical (unpaired) electrons. The van der Waals surface area contributed by atoms with Crippen LogP contribution in [0.2, 0.25) is 0 Å². The summed E-state index contributed by atoms with van der Waals surface area (Å²) in [6, 6.07) is 14.4. The van der Waals surface area contributed by atoms with Crippen molar-refractivity contribution in [3.8, 4) is 6.07 Å². The Morgan fingerprint density at radius 2 is 1.81 bits per heavy atom. The lowest BCUT2D eigenvalue weighted by molar-refractivity contribution is -0.121. The van der Waals surface area contributed by atoms with Crippen molar-refractivity contribution < 1.29 is 19.1 Å². The van der Waals surface area contributed by atoms with Crippen molar-refractivity contribution in [1.29, 1.82) is 5.26 Å². The Hall–Kier alpha value is -3.66. The maximum atomic E-state index is 12.8. The van der Waals surface area contributed by atoms with Gasteiger partial charge in [0.2, 0.25) is 5.91 Å². The van der Waals surface area contributed by atoms with Crippen molar-refractivity contribution in [2.45, 2.75) is 33.1 Å². The molecule has 2 aromatic carbocycles. The molecule has 0 atom stereocenters. The first-order valence-electron chi connectivity index (χ1n) is 10.2. The normalized spacial score (nSPS) is 13.1. The predicted molar refractivity (Wildman–Crippen MR) is 117 cm³/mol. The van der Waals surface area contributed by atoms with Crippen LogP contribution in [0.15, 0.2) is 42.5 Å². The number of nitrogens with zero attached hydrogens (tertiary/aromatic N) is 3. The minimum atomic E-state index is -0.617. The summed E-state index contributed by atoms with van der Waals surface area (Å²) >= 11 is 0. The fourth-order valence-corrected chi connectivity index (χ4v) is 3.65. The minimum Gasteiger partial charge on any atom is -0.452 e. The molecule has 7 heteroatoms. The van der Waals surface area contributed by atoms with E-state index in [0.717, 1.165) is 23.2 Å². The Morgan fingerprint density at radius 3 is 2.39 bits per heavy atom. The van der Waals surface area contributed by atoms with E-state index in [0.29, 0.717) is 24.2 Å². The van der Waals surface area contributed by atoms with Crippen LogP contribution in [0.4, 0.5) is 11.4 Å². The summed E-state index contributed by atoms with van der Waals surface area (Å²) in [6.45, 7) is 4.33. The van der Waals surface area contributed by atoms with Gasteiger partial charge in [-0.15, -0.1) is 0 Å². The third kappa shape index (κ3) is 5.48. The molecule has 0 bridgehead atoms. The molecule has 1 aliphatic rings. The summed E-state index contributed by atoms with van der Waals surface area (Å²) in [5.41, 5.74) is 3.72. The second kappa shape index (κ2) is 9.90. The van der Waals surface area contributed by atoms with Gasteiger partial charge in [-0.1, -0.05) is 6.07 Å². The number of amides is 2. The molecule has 7 nitrogen and oxygen atoms in total. The van der Waals surface area contributed by atoms with Gasteiger partial charge in [0.1, 0.15) is 0 Å². The maximum absolute atomic E-state index is 12.8. The second-order valence-corrected chi connectivity index (χ2v) is 7.57. The summed E-state index contributed by atoms with van der Waals surface area (Å²) in [6.07, 6.45) is 1.53. The monoisotopic (exact) mass is 419 g/mol. The molecule has 160 valence electrons. The van der Waals surface area contributed by atoms with Gasteiger partial charge in [0, 0.05) is 30.9 Å². The van der Waals surface area contributed by atoms with Crippen LogP contribution in [0, 0.1) is 25.2 Å². The summed E-state index contributed by atoms with van der Waals surface area (Å²) < 4.78 is 5.23. The van der Waals surface area contributed by atoms with Crippen LogP contribution in [0.1, 0.15) is 40.7 Å². The zero-order chi connectivity index (χ0) is 22.4. The molecule has 0 unspecified atom stereocenters. The second-order valence-electron chi connectivity index (χ2n) is 7.57. The fraction of sp³-hybridized carbons (Fsp3) is 0.333. The SMILES string of the molecule is Cc1cc(C)cc(N(CCC#N)C(=O)COC(=O)c2ccc(N3CCCC3=O)cc2)c1. The summed E-state index contributed by atoms with van der Waals surface area (Å²) in [5, 5.41) is 8.94. The number of nitriles is 1. The molecule has 3 rings (SSSR count). The number of hydrogen-bond donors (Lipinski definition) is 0. The molecule has 2 aromatic rings. The van der Waals surface area contributed by atoms with E-state index in [2.05, 4.69) is 0 Å². The van der Waals surface area contributed by atoms with Gasteiger partial charge in [-0.2, -0.15) is 5.26 Å². The average Bonchev–Trinajstić information content (AvgIpc) is 3.17. The summed E-state index contributed by atoms with van der Waals surface area (Å²) in [4.78, 5) is 40.2. The molecular formula is C24H25N3O4. The molecule has 2 amide bonds. The highest BCUT2D eigenvalue weighted by Crippen LogP contribution is 2.22. The molecule has 0 saturated carbocycles. The lowest BCUT2D eigenvalue weighted by atomic mass is 10.1. The Balaban J connectivity index is 1.65. The minimum absolute atomic E-state index is 0.0739. The number of ether oxygens (including phenoxy) is 1. The first kappa shape index (κ1) is 22.0. The van der Waals surface area contributed by atoms with E-state index in [-0.39, 0.29) is 18.9 Å². The first-order valence-corrected chi connectivity index (χ1v) is 10.2.